The van der Waals surface area contributed by atoms with Gasteiger partial charge in [-0.3, -0.25) is 0 Å². The molecule has 0 unspecified atom stereocenters. The topological polar surface area (TPSA) is 26.5 Å². The molecule has 2 heterocycles. The van der Waals surface area contributed by atoms with Crippen LogP contribution >= 0.6 is 15.9 Å². The van der Waals surface area contributed by atoms with E-state index in [1.54, 1.807) is 19.4 Å². The van der Waals surface area contributed by atoms with E-state index in [2.05, 4.69) is 20.9 Å². The molecule has 0 saturated heterocycles. The quantitative estimate of drug-likeness (QED) is 0.847. The van der Waals surface area contributed by atoms with E-state index >= 15 is 0 Å². The molecule has 1 aliphatic carbocycles. The van der Waals surface area contributed by atoms with Crippen LogP contribution in [0, 0.1) is 0 Å². The minimum Gasteiger partial charge on any atom is -0.495 e. The fraction of sp³-hybridized carbons (Fsp3) is 0.364. The number of halogens is 2. The Morgan fingerprint density at radius 3 is 2.88 bits per heavy atom. The van der Waals surface area contributed by atoms with Crippen molar-refractivity contribution >= 4 is 21.6 Å². The summed E-state index contributed by atoms with van der Waals surface area (Å²) in [7, 11) is 1.60. The van der Waals surface area contributed by atoms with Crippen molar-refractivity contribution in [3.05, 3.63) is 28.6 Å². The second-order valence-corrected chi connectivity index (χ2v) is 4.90. The number of imidazole rings is 1. The van der Waals surface area contributed by atoms with Crippen molar-refractivity contribution in [2.24, 2.45) is 0 Å². The Kier molecular flexibility index (Phi) is 2.01. The number of hydrogen-bond donors (Lipinski definition) is 0. The average molecular weight is 285 g/mol. The van der Waals surface area contributed by atoms with Crippen molar-refractivity contribution < 1.29 is 9.13 Å². The van der Waals surface area contributed by atoms with Crippen LogP contribution in [0.5, 0.6) is 5.75 Å². The van der Waals surface area contributed by atoms with Crippen LogP contribution in [0.3, 0.4) is 0 Å². The third kappa shape index (κ3) is 1.42. The first-order valence-corrected chi connectivity index (χ1v) is 5.83. The monoisotopic (exact) mass is 284 g/mol. The molecule has 1 fully saturated rings. The first kappa shape index (κ1) is 10.1. The van der Waals surface area contributed by atoms with Crippen LogP contribution in [0.2, 0.25) is 0 Å². The molecule has 3 nitrogen and oxygen atoms in total. The van der Waals surface area contributed by atoms with E-state index in [4.69, 9.17) is 4.74 Å². The molecule has 2 aromatic heterocycles. The highest BCUT2D eigenvalue weighted by molar-refractivity contribution is 9.10. The zero-order chi connectivity index (χ0) is 11.3. The van der Waals surface area contributed by atoms with E-state index < -0.39 is 5.67 Å². The van der Waals surface area contributed by atoms with E-state index in [1.165, 1.54) is 0 Å². The van der Waals surface area contributed by atoms with Crippen LogP contribution in [0.15, 0.2) is 22.9 Å². The Labute approximate surface area is 100 Å². The summed E-state index contributed by atoms with van der Waals surface area (Å²) in [4.78, 5) is 4.28. The lowest BCUT2D eigenvalue weighted by atomic mass is 10.3. The van der Waals surface area contributed by atoms with Crippen LogP contribution in [-0.2, 0) is 5.67 Å². The molecule has 0 aromatic carbocycles. The number of fused-ring (bicyclic) bond motifs is 1. The Hall–Kier alpha value is -1.10. The molecule has 0 amide bonds. The lowest BCUT2D eigenvalue weighted by molar-refractivity contribution is 0.310. The van der Waals surface area contributed by atoms with Gasteiger partial charge in [0.2, 0.25) is 0 Å². The number of rotatable bonds is 2. The SMILES string of the molecule is COc1cc2nc(C3(F)CC3)cn2cc1Br. The summed E-state index contributed by atoms with van der Waals surface area (Å²) in [6.07, 6.45) is 4.73. The number of aromatic nitrogens is 2. The molecule has 1 aliphatic rings. The molecule has 0 N–H and O–H groups in total. The van der Waals surface area contributed by atoms with Gasteiger partial charge in [-0.05, 0) is 28.8 Å². The summed E-state index contributed by atoms with van der Waals surface area (Å²) in [5.41, 5.74) is 0.0396. The van der Waals surface area contributed by atoms with Crippen LogP contribution in [0.25, 0.3) is 5.65 Å². The smallest absolute Gasteiger partial charge is 0.154 e. The Bertz CT molecular complexity index is 562. The summed E-state index contributed by atoms with van der Waals surface area (Å²) in [6.45, 7) is 0. The van der Waals surface area contributed by atoms with E-state index in [0.717, 1.165) is 4.47 Å². The van der Waals surface area contributed by atoms with Gasteiger partial charge in [-0.25, -0.2) is 9.37 Å². The lowest BCUT2D eigenvalue weighted by Gasteiger charge is -2.02. The van der Waals surface area contributed by atoms with Crippen molar-refractivity contribution in [3.8, 4) is 5.75 Å². The number of hydrogen-bond acceptors (Lipinski definition) is 2. The summed E-state index contributed by atoms with van der Waals surface area (Å²) < 4.78 is 21.6. The fourth-order valence-corrected chi connectivity index (χ4v) is 2.23. The van der Waals surface area contributed by atoms with Crippen molar-refractivity contribution in [3.63, 3.8) is 0 Å². The summed E-state index contributed by atoms with van der Waals surface area (Å²) in [6, 6.07) is 1.79. The summed E-state index contributed by atoms with van der Waals surface area (Å²) in [5, 5.41) is 0. The van der Waals surface area contributed by atoms with Gasteiger partial charge in [0.05, 0.1) is 17.3 Å². The average Bonchev–Trinajstić information content (AvgIpc) is 2.88. The molecular formula is C11H10BrFN2O. The van der Waals surface area contributed by atoms with E-state index in [-0.39, 0.29) is 0 Å². The molecule has 0 atom stereocenters. The highest BCUT2D eigenvalue weighted by atomic mass is 79.9. The largest absolute Gasteiger partial charge is 0.495 e. The normalized spacial score (nSPS) is 17.7. The molecule has 1 saturated carbocycles. The first-order valence-electron chi connectivity index (χ1n) is 5.04. The Morgan fingerprint density at radius 2 is 2.25 bits per heavy atom. The number of methoxy groups -OCH3 is 1. The van der Waals surface area contributed by atoms with Gasteiger partial charge >= 0.3 is 0 Å². The highest BCUT2D eigenvalue weighted by Gasteiger charge is 2.47. The van der Waals surface area contributed by atoms with Crippen molar-refractivity contribution in [2.45, 2.75) is 18.5 Å². The highest BCUT2D eigenvalue weighted by Crippen LogP contribution is 2.49. The van der Waals surface area contributed by atoms with Crippen LogP contribution in [0.4, 0.5) is 4.39 Å². The van der Waals surface area contributed by atoms with Gasteiger partial charge < -0.3 is 9.14 Å². The molecule has 84 valence electrons. The number of nitrogens with zero attached hydrogens (tertiary/aromatic N) is 2. The summed E-state index contributed by atoms with van der Waals surface area (Å²) >= 11 is 3.39. The Balaban J connectivity index is 2.17. The lowest BCUT2D eigenvalue weighted by Crippen LogP contribution is -1.96. The van der Waals surface area contributed by atoms with Gasteiger partial charge in [-0.1, -0.05) is 0 Å². The Morgan fingerprint density at radius 1 is 1.50 bits per heavy atom. The van der Waals surface area contributed by atoms with E-state index in [9.17, 15) is 4.39 Å². The van der Waals surface area contributed by atoms with Crippen LogP contribution < -0.4 is 4.74 Å². The molecule has 5 heteroatoms. The summed E-state index contributed by atoms with van der Waals surface area (Å²) in [5.74, 6) is 0.702. The standard InChI is InChI=1S/C11H10BrFN2O/c1-16-8-4-10-14-9(11(13)2-3-11)6-15(10)5-7(8)12/h4-6H,2-3H2,1H3. The molecular weight excluding hydrogens is 275 g/mol. The van der Waals surface area contributed by atoms with Gasteiger partial charge in [0.15, 0.2) is 5.67 Å². The second-order valence-electron chi connectivity index (χ2n) is 4.05. The van der Waals surface area contributed by atoms with Crippen molar-refractivity contribution in [2.75, 3.05) is 7.11 Å². The fourth-order valence-electron chi connectivity index (χ4n) is 1.73. The van der Waals surface area contributed by atoms with Crippen LogP contribution in [-0.4, -0.2) is 16.5 Å². The number of alkyl halides is 1. The minimum atomic E-state index is -1.19. The number of pyridine rings is 1. The molecule has 2 aromatic rings. The maximum absolute atomic E-state index is 13.8. The van der Waals surface area contributed by atoms with Crippen molar-refractivity contribution in [1.29, 1.82) is 0 Å². The predicted octanol–water partition coefficient (Wildman–Crippen LogP) is 3.06. The zero-order valence-electron chi connectivity index (χ0n) is 8.70. The van der Waals surface area contributed by atoms with Crippen molar-refractivity contribution in [1.82, 2.24) is 9.38 Å². The first-order chi connectivity index (χ1) is 7.62. The molecule has 0 spiro atoms. The minimum absolute atomic E-state index is 0.521. The predicted molar refractivity (Wildman–Crippen MR) is 61.5 cm³/mol. The molecule has 16 heavy (non-hydrogen) atoms. The molecule has 0 bridgehead atoms. The third-order valence-electron chi connectivity index (χ3n) is 2.88. The number of ether oxygens (including phenoxy) is 1. The van der Waals surface area contributed by atoms with Gasteiger partial charge in [0.25, 0.3) is 0 Å². The van der Waals surface area contributed by atoms with Gasteiger partial charge in [0.1, 0.15) is 11.4 Å². The maximum atomic E-state index is 13.8. The maximum Gasteiger partial charge on any atom is 0.154 e. The molecule has 0 aliphatic heterocycles. The molecule has 0 radical (unpaired) electrons. The van der Waals surface area contributed by atoms with Gasteiger partial charge in [-0.2, -0.15) is 0 Å². The van der Waals surface area contributed by atoms with E-state index in [0.29, 0.717) is 29.9 Å². The molecule has 3 rings (SSSR count). The zero-order valence-corrected chi connectivity index (χ0v) is 10.3. The van der Waals surface area contributed by atoms with E-state index in [1.807, 2.05) is 10.6 Å². The third-order valence-corrected chi connectivity index (χ3v) is 3.47. The second kappa shape index (κ2) is 3.20. The van der Waals surface area contributed by atoms with Gasteiger partial charge in [0, 0.05) is 18.5 Å². The van der Waals surface area contributed by atoms with Gasteiger partial charge in [-0.15, -0.1) is 0 Å². The van der Waals surface area contributed by atoms with Crippen LogP contribution in [0.1, 0.15) is 18.5 Å².